The molecule has 0 amide bonds. The second kappa shape index (κ2) is 7.64. The van der Waals surface area contributed by atoms with Crippen LogP contribution >= 0.6 is 0 Å². The van der Waals surface area contributed by atoms with Crippen molar-refractivity contribution < 1.29 is 19.4 Å². The zero-order valence-electron chi connectivity index (χ0n) is 12.6. The number of carbonyl (C=O) groups excluding carboxylic acids is 1. The maximum Gasteiger partial charge on any atom is 0.320 e. The summed E-state index contributed by atoms with van der Waals surface area (Å²) < 4.78 is 5.05. The molecular weight excluding hydrogens is 272 g/mol. The highest BCUT2D eigenvalue weighted by atomic mass is 16.5. The van der Waals surface area contributed by atoms with Crippen molar-refractivity contribution >= 4 is 17.4 Å². The Bertz CT molecular complexity index is 516. The normalized spacial score (nSPS) is 13.5. The highest BCUT2D eigenvalue weighted by Gasteiger charge is 2.24. The highest BCUT2D eigenvalue weighted by molar-refractivity contribution is 6.01. The summed E-state index contributed by atoms with van der Waals surface area (Å²) in [5, 5.41) is 12.0. The van der Waals surface area contributed by atoms with Gasteiger partial charge in [-0.25, -0.2) is 0 Å². The van der Waals surface area contributed by atoms with Crippen LogP contribution in [0.3, 0.4) is 0 Å². The minimum Gasteiger partial charge on any atom is -0.495 e. The zero-order valence-corrected chi connectivity index (χ0v) is 12.6. The Morgan fingerprint density at radius 1 is 1.29 bits per heavy atom. The molecule has 1 rings (SSSR count). The second-order valence-electron chi connectivity index (χ2n) is 4.75. The first-order valence-electron chi connectivity index (χ1n) is 6.91. The van der Waals surface area contributed by atoms with Crippen LogP contribution in [-0.2, 0) is 4.79 Å². The van der Waals surface area contributed by atoms with E-state index in [0.29, 0.717) is 29.8 Å². The summed E-state index contributed by atoms with van der Waals surface area (Å²) in [5.41, 5.74) is 6.61. The summed E-state index contributed by atoms with van der Waals surface area (Å²) in [6.07, 6.45) is 0.901. The lowest BCUT2D eigenvalue weighted by atomic mass is 10.00. The van der Waals surface area contributed by atoms with Gasteiger partial charge in [0.05, 0.1) is 18.8 Å². The van der Waals surface area contributed by atoms with E-state index in [9.17, 15) is 9.59 Å². The van der Waals surface area contributed by atoms with Crippen molar-refractivity contribution in [3.63, 3.8) is 0 Å². The molecule has 6 heteroatoms. The van der Waals surface area contributed by atoms with E-state index in [1.807, 2.05) is 6.92 Å². The standard InChI is InChI=1S/C15H22N2O4/c1-4-11(17-12(5-2)15(19)20)14(18)9-6-7-13(21-3)10(16)8-9/h6-8,11-12,17H,4-5,16H2,1-3H3,(H,19,20). The number of nitrogen functional groups attached to an aromatic ring is 1. The van der Waals surface area contributed by atoms with Gasteiger partial charge in [-0.2, -0.15) is 0 Å². The highest BCUT2D eigenvalue weighted by Crippen LogP contribution is 2.23. The molecule has 0 aliphatic rings. The van der Waals surface area contributed by atoms with Crippen molar-refractivity contribution in [3.8, 4) is 5.75 Å². The van der Waals surface area contributed by atoms with Crippen LogP contribution in [0, 0.1) is 0 Å². The number of hydrogen-bond donors (Lipinski definition) is 3. The molecule has 0 saturated heterocycles. The first-order chi connectivity index (χ1) is 9.94. The fourth-order valence-electron chi connectivity index (χ4n) is 2.07. The van der Waals surface area contributed by atoms with Crippen LogP contribution in [0.1, 0.15) is 37.0 Å². The molecule has 0 bridgehead atoms. The lowest BCUT2D eigenvalue weighted by Crippen LogP contribution is -2.46. The van der Waals surface area contributed by atoms with Crippen molar-refractivity contribution in [1.82, 2.24) is 5.32 Å². The Hall–Kier alpha value is -2.08. The van der Waals surface area contributed by atoms with Crippen molar-refractivity contribution in [2.75, 3.05) is 12.8 Å². The Morgan fingerprint density at radius 3 is 2.33 bits per heavy atom. The third-order valence-electron chi connectivity index (χ3n) is 3.35. The SMILES string of the molecule is CCC(NC(CC)C(=O)c1ccc(OC)c(N)c1)C(=O)O. The molecule has 2 unspecified atom stereocenters. The number of ether oxygens (including phenoxy) is 1. The molecule has 2 atom stereocenters. The molecule has 116 valence electrons. The van der Waals surface area contributed by atoms with Crippen LogP contribution < -0.4 is 15.8 Å². The van der Waals surface area contributed by atoms with E-state index >= 15 is 0 Å². The number of aliphatic carboxylic acids is 1. The van der Waals surface area contributed by atoms with Crippen LogP contribution in [-0.4, -0.2) is 36.1 Å². The minimum absolute atomic E-state index is 0.174. The van der Waals surface area contributed by atoms with Crippen molar-refractivity contribution in [2.24, 2.45) is 0 Å². The molecule has 0 spiro atoms. The van der Waals surface area contributed by atoms with E-state index in [2.05, 4.69) is 5.32 Å². The summed E-state index contributed by atoms with van der Waals surface area (Å²) in [4.78, 5) is 23.5. The van der Waals surface area contributed by atoms with Crippen LogP contribution in [0.5, 0.6) is 5.75 Å². The molecule has 6 nitrogen and oxygen atoms in total. The number of ketones is 1. The number of rotatable bonds is 8. The summed E-state index contributed by atoms with van der Waals surface area (Å²) in [6, 6.07) is 3.51. The van der Waals surface area contributed by atoms with Gasteiger partial charge in [0.1, 0.15) is 11.8 Å². The number of carboxylic acid groups (broad SMARTS) is 1. The number of anilines is 1. The summed E-state index contributed by atoms with van der Waals surface area (Å²) in [5.74, 6) is -0.630. The topological polar surface area (TPSA) is 102 Å². The number of Topliss-reactive ketones (excluding diaryl/α,β-unsaturated/α-hetero) is 1. The molecule has 21 heavy (non-hydrogen) atoms. The van der Waals surface area contributed by atoms with Crippen LogP contribution in [0.2, 0.25) is 0 Å². The van der Waals surface area contributed by atoms with Crippen molar-refractivity contribution in [1.29, 1.82) is 0 Å². The van der Waals surface area contributed by atoms with E-state index in [1.54, 1.807) is 25.1 Å². The third kappa shape index (κ3) is 4.19. The van der Waals surface area contributed by atoms with Crippen LogP contribution in [0.15, 0.2) is 18.2 Å². The molecule has 0 saturated carbocycles. The molecule has 1 aromatic carbocycles. The van der Waals surface area contributed by atoms with Crippen molar-refractivity contribution in [3.05, 3.63) is 23.8 Å². The van der Waals surface area contributed by atoms with Gasteiger partial charge in [0.25, 0.3) is 0 Å². The number of nitrogens with two attached hydrogens (primary N) is 1. The average Bonchev–Trinajstić information content (AvgIpc) is 2.47. The smallest absolute Gasteiger partial charge is 0.320 e. The maximum atomic E-state index is 12.4. The molecular formula is C15H22N2O4. The zero-order chi connectivity index (χ0) is 16.0. The van der Waals surface area contributed by atoms with Gasteiger partial charge >= 0.3 is 5.97 Å². The molecule has 1 aromatic rings. The Morgan fingerprint density at radius 2 is 1.90 bits per heavy atom. The van der Waals surface area contributed by atoms with E-state index in [0.717, 1.165) is 0 Å². The van der Waals surface area contributed by atoms with Gasteiger partial charge in [0.15, 0.2) is 5.78 Å². The third-order valence-corrected chi connectivity index (χ3v) is 3.35. The van der Waals surface area contributed by atoms with Crippen LogP contribution in [0.25, 0.3) is 0 Å². The number of nitrogens with one attached hydrogen (secondary N) is 1. The second-order valence-corrected chi connectivity index (χ2v) is 4.75. The Kier molecular flexibility index (Phi) is 6.17. The lowest BCUT2D eigenvalue weighted by Gasteiger charge is -2.20. The molecule has 0 aromatic heterocycles. The minimum atomic E-state index is -0.960. The maximum absolute atomic E-state index is 12.4. The van der Waals surface area contributed by atoms with Gasteiger partial charge in [-0.1, -0.05) is 13.8 Å². The molecule has 4 N–H and O–H groups in total. The molecule has 0 aliphatic heterocycles. The first-order valence-corrected chi connectivity index (χ1v) is 6.91. The van der Waals surface area contributed by atoms with Gasteiger partial charge in [0.2, 0.25) is 0 Å². The number of hydrogen-bond acceptors (Lipinski definition) is 5. The van der Waals surface area contributed by atoms with Crippen LogP contribution in [0.4, 0.5) is 5.69 Å². The van der Waals surface area contributed by atoms with Gasteiger partial charge in [-0.15, -0.1) is 0 Å². The Labute approximate surface area is 124 Å². The summed E-state index contributed by atoms with van der Waals surface area (Å²) in [6.45, 7) is 3.59. The van der Waals surface area contributed by atoms with E-state index in [-0.39, 0.29) is 5.78 Å². The monoisotopic (exact) mass is 294 g/mol. The fraction of sp³-hybridized carbons (Fsp3) is 0.467. The number of carbonyl (C=O) groups is 2. The van der Waals surface area contributed by atoms with Crippen molar-refractivity contribution in [2.45, 2.75) is 38.8 Å². The average molecular weight is 294 g/mol. The predicted molar refractivity (Wildman–Crippen MR) is 80.7 cm³/mol. The largest absolute Gasteiger partial charge is 0.495 e. The van der Waals surface area contributed by atoms with E-state index < -0.39 is 18.1 Å². The first kappa shape index (κ1) is 17.0. The van der Waals surface area contributed by atoms with Gasteiger partial charge in [-0.05, 0) is 31.0 Å². The quantitative estimate of drug-likeness (QED) is 0.498. The van der Waals surface area contributed by atoms with Gasteiger partial charge in [0, 0.05) is 5.56 Å². The summed E-state index contributed by atoms with van der Waals surface area (Å²) >= 11 is 0. The number of benzene rings is 1. The van der Waals surface area contributed by atoms with Gasteiger partial charge in [-0.3, -0.25) is 14.9 Å². The predicted octanol–water partition coefficient (Wildman–Crippen LogP) is 1.69. The van der Waals surface area contributed by atoms with E-state index in [4.69, 9.17) is 15.6 Å². The lowest BCUT2D eigenvalue weighted by molar-refractivity contribution is -0.139. The summed E-state index contributed by atoms with van der Waals surface area (Å²) in [7, 11) is 1.50. The fourth-order valence-corrected chi connectivity index (χ4v) is 2.07. The number of carboxylic acids is 1. The number of methoxy groups -OCH3 is 1. The molecule has 0 aliphatic carbocycles. The van der Waals surface area contributed by atoms with Gasteiger partial charge < -0.3 is 15.6 Å². The van der Waals surface area contributed by atoms with E-state index in [1.165, 1.54) is 7.11 Å². The molecule has 0 heterocycles. The molecule has 0 fully saturated rings. The Balaban J connectivity index is 2.93. The molecule has 0 radical (unpaired) electrons.